The van der Waals surface area contributed by atoms with Crippen LogP contribution in [0.2, 0.25) is 5.02 Å². The summed E-state index contributed by atoms with van der Waals surface area (Å²) in [4.78, 5) is 0. The highest BCUT2D eigenvalue weighted by atomic mass is 35.5. The normalized spacial score (nSPS) is 10.2. The van der Waals surface area contributed by atoms with Gasteiger partial charge < -0.3 is 14.8 Å². The van der Waals surface area contributed by atoms with E-state index in [1.165, 1.54) is 0 Å². The Hall–Kier alpha value is -1.87. The van der Waals surface area contributed by atoms with Gasteiger partial charge in [0.2, 0.25) is 0 Å². The van der Waals surface area contributed by atoms with E-state index in [-0.39, 0.29) is 0 Å². The molecule has 0 aliphatic heterocycles. The second-order valence-electron chi connectivity index (χ2n) is 4.28. The lowest BCUT2D eigenvalue weighted by Gasteiger charge is -2.12. The van der Waals surface area contributed by atoms with Crippen molar-refractivity contribution in [2.45, 2.75) is 13.5 Å². The number of hydrogen-bond acceptors (Lipinski definition) is 3. The minimum absolute atomic E-state index is 0.621. The van der Waals surface area contributed by atoms with Gasteiger partial charge in [0.05, 0.1) is 13.7 Å². The molecule has 0 saturated heterocycles. The highest BCUT2D eigenvalue weighted by Gasteiger charge is 2.05. The van der Waals surface area contributed by atoms with Gasteiger partial charge in [-0.3, -0.25) is 0 Å². The van der Waals surface area contributed by atoms with Crippen LogP contribution in [0.1, 0.15) is 12.5 Å². The van der Waals surface area contributed by atoms with Gasteiger partial charge in [-0.15, -0.1) is 0 Å². The molecule has 0 spiro atoms. The molecule has 0 radical (unpaired) electrons. The van der Waals surface area contributed by atoms with Gasteiger partial charge in [0.15, 0.2) is 11.5 Å². The van der Waals surface area contributed by atoms with Crippen LogP contribution in [0, 0.1) is 0 Å². The fourth-order valence-corrected chi connectivity index (χ4v) is 2.09. The standard InChI is InChI=1S/C16H18ClNO2/c1-3-20-15-8-7-12(9-16(15)19-2)11-18-14-6-4-5-13(17)10-14/h4-10,18H,3,11H2,1-2H3. The molecular weight excluding hydrogens is 274 g/mol. The molecule has 4 heteroatoms. The summed E-state index contributed by atoms with van der Waals surface area (Å²) in [6, 6.07) is 13.6. The molecule has 0 aliphatic rings. The van der Waals surface area contributed by atoms with Gasteiger partial charge in [-0.05, 0) is 42.8 Å². The number of hydrogen-bond donors (Lipinski definition) is 1. The minimum atomic E-state index is 0.621. The zero-order chi connectivity index (χ0) is 14.4. The molecule has 2 aromatic rings. The van der Waals surface area contributed by atoms with E-state index in [1.807, 2.05) is 49.4 Å². The average Bonchev–Trinajstić information content (AvgIpc) is 2.46. The molecule has 3 nitrogen and oxygen atoms in total. The van der Waals surface area contributed by atoms with E-state index < -0.39 is 0 Å². The molecule has 0 saturated carbocycles. The molecule has 0 unspecified atom stereocenters. The Kier molecular flexibility index (Phi) is 5.13. The zero-order valence-corrected chi connectivity index (χ0v) is 12.4. The number of benzene rings is 2. The van der Waals surface area contributed by atoms with Gasteiger partial charge in [0.25, 0.3) is 0 Å². The summed E-state index contributed by atoms with van der Waals surface area (Å²) in [6.45, 7) is 3.27. The second-order valence-corrected chi connectivity index (χ2v) is 4.72. The van der Waals surface area contributed by atoms with E-state index >= 15 is 0 Å². The SMILES string of the molecule is CCOc1ccc(CNc2cccc(Cl)c2)cc1OC. The summed E-state index contributed by atoms with van der Waals surface area (Å²) < 4.78 is 10.8. The Morgan fingerprint density at radius 3 is 2.65 bits per heavy atom. The maximum atomic E-state index is 5.95. The van der Waals surface area contributed by atoms with Gasteiger partial charge in [-0.1, -0.05) is 23.7 Å². The first kappa shape index (κ1) is 14.5. The number of methoxy groups -OCH3 is 1. The summed E-state index contributed by atoms with van der Waals surface area (Å²) in [6.07, 6.45) is 0. The lowest BCUT2D eigenvalue weighted by atomic mass is 10.2. The van der Waals surface area contributed by atoms with E-state index in [0.717, 1.165) is 27.8 Å². The van der Waals surface area contributed by atoms with Gasteiger partial charge >= 0.3 is 0 Å². The van der Waals surface area contributed by atoms with Crippen LogP contribution in [0.4, 0.5) is 5.69 Å². The summed E-state index contributed by atoms with van der Waals surface area (Å²) in [7, 11) is 1.64. The summed E-state index contributed by atoms with van der Waals surface area (Å²) >= 11 is 5.95. The number of nitrogens with one attached hydrogen (secondary N) is 1. The highest BCUT2D eigenvalue weighted by Crippen LogP contribution is 2.28. The van der Waals surface area contributed by atoms with Crippen LogP contribution in [0.5, 0.6) is 11.5 Å². The molecule has 0 bridgehead atoms. The van der Waals surface area contributed by atoms with Crippen LogP contribution in [0.25, 0.3) is 0 Å². The Morgan fingerprint density at radius 2 is 1.95 bits per heavy atom. The van der Waals surface area contributed by atoms with Crippen molar-refractivity contribution in [1.82, 2.24) is 0 Å². The largest absolute Gasteiger partial charge is 0.493 e. The summed E-state index contributed by atoms with van der Waals surface area (Å²) in [5.74, 6) is 1.51. The topological polar surface area (TPSA) is 30.5 Å². The van der Waals surface area contributed by atoms with Crippen molar-refractivity contribution in [2.24, 2.45) is 0 Å². The van der Waals surface area contributed by atoms with Crippen molar-refractivity contribution in [2.75, 3.05) is 19.0 Å². The van der Waals surface area contributed by atoms with Crippen LogP contribution < -0.4 is 14.8 Å². The Labute approximate surface area is 124 Å². The molecule has 2 aromatic carbocycles. The summed E-state index contributed by atoms with van der Waals surface area (Å²) in [5.41, 5.74) is 2.11. The molecule has 0 fully saturated rings. The van der Waals surface area contributed by atoms with Crippen molar-refractivity contribution in [3.8, 4) is 11.5 Å². The van der Waals surface area contributed by atoms with Crippen molar-refractivity contribution < 1.29 is 9.47 Å². The molecule has 0 amide bonds. The molecule has 0 atom stereocenters. The first-order valence-corrected chi connectivity index (χ1v) is 6.90. The fraction of sp³-hybridized carbons (Fsp3) is 0.250. The number of halogens is 1. The van der Waals surface area contributed by atoms with E-state index in [9.17, 15) is 0 Å². The van der Waals surface area contributed by atoms with E-state index in [4.69, 9.17) is 21.1 Å². The average molecular weight is 292 g/mol. The maximum Gasteiger partial charge on any atom is 0.161 e. The van der Waals surface area contributed by atoms with Crippen molar-refractivity contribution in [3.05, 3.63) is 53.1 Å². The molecule has 106 valence electrons. The highest BCUT2D eigenvalue weighted by molar-refractivity contribution is 6.30. The number of rotatable bonds is 6. The van der Waals surface area contributed by atoms with Crippen molar-refractivity contribution in [1.29, 1.82) is 0 Å². The third-order valence-electron chi connectivity index (χ3n) is 2.85. The van der Waals surface area contributed by atoms with Crippen LogP contribution in [-0.4, -0.2) is 13.7 Å². The number of anilines is 1. The minimum Gasteiger partial charge on any atom is -0.493 e. The first-order chi connectivity index (χ1) is 9.72. The smallest absolute Gasteiger partial charge is 0.161 e. The van der Waals surface area contributed by atoms with Crippen molar-refractivity contribution >= 4 is 17.3 Å². The Balaban J connectivity index is 2.06. The van der Waals surface area contributed by atoms with Gasteiger partial charge in [-0.2, -0.15) is 0 Å². The molecular formula is C16H18ClNO2. The lowest BCUT2D eigenvalue weighted by Crippen LogP contribution is -2.01. The molecule has 0 aromatic heterocycles. The Morgan fingerprint density at radius 1 is 1.10 bits per heavy atom. The molecule has 2 rings (SSSR count). The fourth-order valence-electron chi connectivity index (χ4n) is 1.90. The Bertz CT molecular complexity index is 572. The molecule has 1 N–H and O–H groups in total. The first-order valence-electron chi connectivity index (χ1n) is 6.52. The van der Waals surface area contributed by atoms with E-state index in [0.29, 0.717) is 13.2 Å². The van der Waals surface area contributed by atoms with Gasteiger partial charge in [-0.25, -0.2) is 0 Å². The molecule has 0 aliphatic carbocycles. The number of ether oxygens (including phenoxy) is 2. The van der Waals surface area contributed by atoms with Crippen LogP contribution in [0.3, 0.4) is 0 Å². The van der Waals surface area contributed by atoms with Crippen molar-refractivity contribution in [3.63, 3.8) is 0 Å². The molecule has 0 heterocycles. The van der Waals surface area contributed by atoms with E-state index in [2.05, 4.69) is 5.32 Å². The predicted molar refractivity (Wildman–Crippen MR) is 82.9 cm³/mol. The van der Waals surface area contributed by atoms with Gasteiger partial charge in [0.1, 0.15) is 0 Å². The molecule has 20 heavy (non-hydrogen) atoms. The van der Waals surface area contributed by atoms with Gasteiger partial charge in [0, 0.05) is 17.3 Å². The monoisotopic (exact) mass is 291 g/mol. The van der Waals surface area contributed by atoms with Crippen LogP contribution in [-0.2, 0) is 6.54 Å². The lowest BCUT2D eigenvalue weighted by molar-refractivity contribution is 0.310. The quantitative estimate of drug-likeness (QED) is 0.858. The second kappa shape index (κ2) is 7.06. The van der Waals surface area contributed by atoms with Crippen LogP contribution in [0.15, 0.2) is 42.5 Å². The third-order valence-corrected chi connectivity index (χ3v) is 3.08. The van der Waals surface area contributed by atoms with Crippen LogP contribution >= 0.6 is 11.6 Å². The van der Waals surface area contributed by atoms with E-state index in [1.54, 1.807) is 7.11 Å². The third kappa shape index (κ3) is 3.81. The predicted octanol–water partition coefficient (Wildman–Crippen LogP) is 4.36. The summed E-state index contributed by atoms with van der Waals surface area (Å²) in [5, 5.41) is 4.05. The zero-order valence-electron chi connectivity index (χ0n) is 11.7. The maximum absolute atomic E-state index is 5.95.